The van der Waals surface area contributed by atoms with E-state index in [1.165, 1.54) is 4.90 Å². The monoisotopic (exact) mass is 403 g/mol. The van der Waals surface area contributed by atoms with Gasteiger partial charge in [-0.1, -0.05) is 18.2 Å². The van der Waals surface area contributed by atoms with Crippen LogP contribution in [0.15, 0.2) is 24.3 Å². The van der Waals surface area contributed by atoms with E-state index in [2.05, 4.69) is 9.69 Å². The Bertz CT molecular complexity index is 917. The number of carbonyl (C=O) groups excluding carboxylic acids is 3. The highest BCUT2D eigenvalue weighted by Crippen LogP contribution is 2.29. The molecule has 1 atom stereocenters. The standard InChI is InChI=1S/C19H25N5O3S/c1-10-8-6-7-9-12(10)24(11(2)17(26)22-19(3,4)5)18(27)15-13(20)14(16(21)25)23-28-15/h6-9,11H,20H2,1-5H3,(H2,21,25)(H,22,26)/t11-/m0/s1. The molecule has 0 bridgehead atoms. The molecule has 1 aromatic heterocycles. The van der Waals surface area contributed by atoms with Crippen molar-refractivity contribution in [3.05, 3.63) is 40.4 Å². The lowest BCUT2D eigenvalue weighted by Gasteiger charge is -2.32. The Morgan fingerprint density at radius 2 is 1.82 bits per heavy atom. The smallest absolute Gasteiger partial charge is 0.272 e. The van der Waals surface area contributed by atoms with Gasteiger partial charge in [0.25, 0.3) is 11.8 Å². The maximum atomic E-state index is 13.4. The van der Waals surface area contributed by atoms with E-state index < -0.39 is 23.4 Å². The Labute approximate surface area is 168 Å². The highest BCUT2D eigenvalue weighted by molar-refractivity contribution is 7.09. The Kier molecular flexibility index (Phi) is 6.08. The van der Waals surface area contributed by atoms with E-state index in [1.807, 2.05) is 39.8 Å². The third kappa shape index (κ3) is 4.48. The second-order valence-electron chi connectivity index (χ2n) is 7.52. The zero-order valence-corrected chi connectivity index (χ0v) is 17.4. The zero-order chi connectivity index (χ0) is 21.2. The molecule has 0 aliphatic carbocycles. The maximum absolute atomic E-state index is 13.4. The van der Waals surface area contributed by atoms with Crippen molar-refractivity contribution in [3.8, 4) is 0 Å². The van der Waals surface area contributed by atoms with E-state index in [0.29, 0.717) is 5.69 Å². The molecule has 2 aromatic rings. The maximum Gasteiger partial charge on any atom is 0.272 e. The van der Waals surface area contributed by atoms with Gasteiger partial charge in [-0.05, 0) is 57.8 Å². The number of nitrogens with two attached hydrogens (primary N) is 2. The van der Waals surface area contributed by atoms with Gasteiger partial charge >= 0.3 is 0 Å². The number of hydrogen-bond donors (Lipinski definition) is 3. The van der Waals surface area contributed by atoms with Crippen LogP contribution in [-0.2, 0) is 4.79 Å². The fraction of sp³-hybridized carbons (Fsp3) is 0.368. The highest BCUT2D eigenvalue weighted by atomic mass is 32.1. The Balaban J connectivity index is 2.53. The third-order valence-corrected chi connectivity index (χ3v) is 4.87. The summed E-state index contributed by atoms with van der Waals surface area (Å²) in [5.74, 6) is -1.65. The first-order chi connectivity index (χ1) is 12.9. The van der Waals surface area contributed by atoms with Crippen LogP contribution < -0.4 is 21.7 Å². The van der Waals surface area contributed by atoms with Gasteiger partial charge in [0.05, 0.1) is 5.69 Å². The van der Waals surface area contributed by atoms with Crippen molar-refractivity contribution in [1.29, 1.82) is 0 Å². The van der Waals surface area contributed by atoms with E-state index in [9.17, 15) is 14.4 Å². The van der Waals surface area contributed by atoms with Gasteiger partial charge in [0.15, 0.2) is 5.69 Å². The van der Waals surface area contributed by atoms with Gasteiger partial charge in [-0.15, -0.1) is 0 Å². The average Bonchev–Trinajstić information content (AvgIpc) is 2.96. The molecule has 2 rings (SSSR count). The van der Waals surface area contributed by atoms with Crippen LogP contribution in [0.2, 0.25) is 0 Å². The number of nitrogens with zero attached hydrogens (tertiary/aromatic N) is 2. The number of carbonyl (C=O) groups is 3. The average molecular weight is 404 g/mol. The molecule has 3 amide bonds. The molecule has 0 saturated carbocycles. The van der Waals surface area contributed by atoms with E-state index in [4.69, 9.17) is 11.5 Å². The van der Waals surface area contributed by atoms with Crippen molar-refractivity contribution < 1.29 is 14.4 Å². The molecular weight excluding hydrogens is 378 g/mol. The van der Waals surface area contributed by atoms with Crippen molar-refractivity contribution in [2.75, 3.05) is 10.6 Å². The molecule has 0 fully saturated rings. The lowest BCUT2D eigenvalue weighted by atomic mass is 10.1. The number of benzene rings is 1. The van der Waals surface area contributed by atoms with Crippen LogP contribution >= 0.6 is 11.5 Å². The molecule has 0 unspecified atom stereocenters. The summed E-state index contributed by atoms with van der Waals surface area (Å²) in [5, 5.41) is 2.88. The molecule has 0 radical (unpaired) electrons. The van der Waals surface area contributed by atoms with Gasteiger partial charge < -0.3 is 16.8 Å². The Hall–Kier alpha value is -2.94. The molecule has 1 heterocycles. The summed E-state index contributed by atoms with van der Waals surface area (Å²) in [6.45, 7) is 9.06. The van der Waals surface area contributed by atoms with Crippen LogP contribution in [0, 0.1) is 6.92 Å². The van der Waals surface area contributed by atoms with Crippen molar-refractivity contribution in [2.45, 2.75) is 46.2 Å². The summed E-state index contributed by atoms with van der Waals surface area (Å²) in [6, 6.07) is 6.39. The molecule has 0 saturated heterocycles. The Morgan fingerprint density at radius 3 is 2.32 bits per heavy atom. The lowest BCUT2D eigenvalue weighted by Crippen LogP contribution is -2.53. The van der Waals surface area contributed by atoms with Crippen LogP contribution in [-0.4, -0.2) is 33.7 Å². The fourth-order valence-electron chi connectivity index (χ4n) is 2.66. The van der Waals surface area contributed by atoms with Gasteiger partial charge in [0.2, 0.25) is 5.91 Å². The molecule has 150 valence electrons. The summed E-state index contributed by atoms with van der Waals surface area (Å²) in [5.41, 5.74) is 11.9. The summed E-state index contributed by atoms with van der Waals surface area (Å²) < 4.78 is 3.89. The van der Waals surface area contributed by atoms with E-state index in [0.717, 1.165) is 17.1 Å². The Morgan fingerprint density at radius 1 is 1.21 bits per heavy atom. The van der Waals surface area contributed by atoms with Crippen LogP contribution in [0.1, 0.15) is 53.4 Å². The number of nitrogen functional groups attached to an aromatic ring is 1. The molecule has 5 N–H and O–H groups in total. The molecular formula is C19H25N5O3S. The SMILES string of the molecule is Cc1ccccc1N(C(=O)c1snc(C(N)=O)c1N)[C@@H](C)C(=O)NC(C)(C)C. The van der Waals surface area contributed by atoms with Crippen LogP contribution in [0.3, 0.4) is 0 Å². The number of nitrogens with one attached hydrogen (secondary N) is 1. The summed E-state index contributed by atoms with van der Waals surface area (Å²) in [6.07, 6.45) is 0. The van der Waals surface area contributed by atoms with Crippen molar-refractivity contribution in [1.82, 2.24) is 9.69 Å². The van der Waals surface area contributed by atoms with E-state index >= 15 is 0 Å². The minimum Gasteiger partial charge on any atom is -0.395 e. The second-order valence-corrected chi connectivity index (χ2v) is 8.29. The normalized spacial score (nSPS) is 12.3. The number of para-hydroxylation sites is 1. The van der Waals surface area contributed by atoms with Gasteiger partial charge in [0.1, 0.15) is 10.9 Å². The fourth-order valence-corrected chi connectivity index (χ4v) is 3.40. The van der Waals surface area contributed by atoms with Crippen LogP contribution in [0.25, 0.3) is 0 Å². The van der Waals surface area contributed by atoms with Gasteiger partial charge in [-0.25, -0.2) is 0 Å². The van der Waals surface area contributed by atoms with Gasteiger partial charge in [0, 0.05) is 11.2 Å². The molecule has 0 aliphatic heterocycles. The van der Waals surface area contributed by atoms with Gasteiger partial charge in [-0.3, -0.25) is 19.3 Å². The largest absolute Gasteiger partial charge is 0.395 e. The summed E-state index contributed by atoms with van der Waals surface area (Å²) in [4.78, 5) is 39.0. The quantitative estimate of drug-likeness (QED) is 0.703. The van der Waals surface area contributed by atoms with Crippen molar-refractivity contribution in [3.63, 3.8) is 0 Å². The molecule has 9 heteroatoms. The topological polar surface area (TPSA) is 131 Å². The second kappa shape index (κ2) is 7.97. The van der Waals surface area contributed by atoms with Crippen molar-refractivity contribution in [2.24, 2.45) is 5.73 Å². The number of aryl methyl sites for hydroxylation is 1. The predicted molar refractivity (Wildman–Crippen MR) is 110 cm³/mol. The van der Waals surface area contributed by atoms with Crippen LogP contribution in [0.4, 0.5) is 11.4 Å². The predicted octanol–water partition coefficient (Wildman–Crippen LogP) is 2.08. The first-order valence-electron chi connectivity index (χ1n) is 8.70. The molecule has 0 spiro atoms. The molecule has 0 aliphatic rings. The minimum atomic E-state index is -0.827. The van der Waals surface area contributed by atoms with E-state index in [-0.39, 0.29) is 22.2 Å². The number of primary amides is 1. The molecule has 8 nitrogen and oxygen atoms in total. The third-order valence-electron chi connectivity index (χ3n) is 4.01. The number of amides is 3. The number of rotatable bonds is 5. The van der Waals surface area contributed by atoms with Gasteiger partial charge in [-0.2, -0.15) is 4.37 Å². The first kappa shape index (κ1) is 21.4. The minimum absolute atomic E-state index is 0.0625. The molecule has 28 heavy (non-hydrogen) atoms. The lowest BCUT2D eigenvalue weighted by molar-refractivity contribution is -0.123. The van der Waals surface area contributed by atoms with Crippen LogP contribution in [0.5, 0.6) is 0 Å². The number of aromatic nitrogens is 1. The highest BCUT2D eigenvalue weighted by Gasteiger charge is 2.33. The summed E-state index contributed by atoms with van der Waals surface area (Å²) in [7, 11) is 0. The first-order valence-corrected chi connectivity index (χ1v) is 9.47. The van der Waals surface area contributed by atoms with E-state index in [1.54, 1.807) is 19.1 Å². The number of anilines is 2. The molecule has 1 aromatic carbocycles. The number of hydrogen-bond acceptors (Lipinski definition) is 6. The van der Waals surface area contributed by atoms with Crippen molar-refractivity contribution >= 4 is 40.6 Å². The summed E-state index contributed by atoms with van der Waals surface area (Å²) >= 11 is 0.785. The zero-order valence-electron chi connectivity index (χ0n) is 16.6.